The molecule has 0 atom stereocenters. The van der Waals surface area contributed by atoms with Crippen molar-refractivity contribution in [1.29, 1.82) is 0 Å². The highest BCUT2D eigenvalue weighted by Crippen LogP contribution is 2.54. The summed E-state index contributed by atoms with van der Waals surface area (Å²) in [6.45, 7) is 0. The average Bonchev–Trinajstić information content (AvgIpc) is 2.29. The van der Waals surface area contributed by atoms with Crippen molar-refractivity contribution in [2.75, 3.05) is 0 Å². The number of fused-ring (bicyclic) bond motifs is 2. The summed E-state index contributed by atoms with van der Waals surface area (Å²) >= 11 is 0. The molecule has 4 rings (SSSR count). The highest BCUT2D eigenvalue weighted by atomic mass is 16.3. The molecule has 0 aliphatic heterocycles. The zero-order chi connectivity index (χ0) is 10.5. The normalized spacial score (nSPS) is 32.5. The van der Waals surface area contributed by atoms with E-state index in [1.165, 1.54) is 0 Å². The van der Waals surface area contributed by atoms with Gasteiger partial charge in [-0.25, -0.2) is 0 Å². The quantitative estimate of drug-likeness (QED) is 0.713. The second-order valence-corrected chi connectivity index (χ2v) is 4.64. The zero-order valence-corrected chi connectivity index (χ0v) is 8.44. The number of aliphatic hydroxyl groups is 1. The van der Waals surface area contributed by atoms with Crippen LogP contribution in [0.3, 0.4) is 0 Å². The molecule has 3 aliphatic rings. The Morgan fingerprint density at radius 3 is 2.73 bits per heavy atom. The third-order valence-electron chi connectivity index (χ3n) is 3.89. The molecule has 0 aromatic heterocycles. The summed E-state index contributed by atoms with van der Waals surface area (Å²) < 4.78 is 0. The van der Waals surface area contributed by atoms with Gasteiger partial charge in [0.2, 0.25) is 0 Å². The van der Waals surface area contributed by atoms with E-state index in [1.807, 2.05) is 12.1 Å². The van der Waals surface area contributed by atoms with Crippen LogP contribution >= 0.6 is 0 Å². The van der Waals surface area contributed by atoms with Crippen LogP contribution in [0.15, 0.2) is 23.4 Å². The minimum absolute atomic E-state index is 0.430. The van der Waals surface area contributed by atoms with Crippen LogP contribution in [0.5, 0.6) is 0 Å². The maximum atomic E-state index is 10.7. The van der Waals surface area contributed by atoms with Gasteiger partial charge in [-0.2, -0.15) is 0 Å². The first-order valence-electron chi connectivity index (χ1n) is 5.44. The SMILES string of the molecule is O=Nc1cccc2c1C1(O)CCC2CC1. The Morgan fingerprint density at radius 1 is 1.33 bits per heavy atom. The molecule has 2 bridgehead atoms. The van der Waals surface area contributed by atoms with E-state index < -0.39 is 5.60 Å². The number of nitroso groups, excluding NO2 is 1. The van der Waals surface area contributed by atoms with Crippen molar-refractivity contribution in [1.82, 2.24) is 0 Å². The first kappa shape index (κ1) is 9.04. The standard InChI is InChI=1S/C12H13NO2/c14-12-6-4-8(5-7-12)9-2-1-3-10(13-15)11(9)12/h1-3,8,14H,4-7H2. The topological polar surface area (TPSA) is 49.7 Å². The van der Waals surface area contributed by atoms with Gasteiger partial charge >= 0.3 is 0 Å². The molecule has 0 radical (unpaired) electrons. The van der Waals surface area contributed by atoms with Crippen LogP contribution < -0.4 is 0 Å². The van der Waals surface area contributed by atoms with Gasteiger partial charge in [0, 0.05) is 5.56 Å². The summed E-state index contributed by atoms with van der Waals surface area (Å²) in [5, 5.41) is 13.5. The van der Waals surface area contributed by atoms with Crippen molar-refractivity contribution in [3.05, 3.63) is 34.2 Å². The van der Waals surface area contributed by atoms with Gasteiger partial charge in [0.1, 0.15) is 5.69 Å². The number of benzene rings is 1. The van der Waals surface area contributed by atoms with E-state index in [0.29, 0.717) is 11.6 Å². The van der Waals surface area contributed by atoms with E-state index in [9.17, 15) is 10.0 Å². The van der Waals surface area contributed by atoms with E-state index in [1.54, 1.807) is 6.07 Å². The number of rotatable bonds is 1. The van der Waals surface area contributed by atoms with E-state index in [0.717, 1.165) is 36.8 Å². The van der Waals surface area contributed by atoms with Gasteiger partial charge in [-0.3, -0.25) is 0 Å². The lowest BCUT2D eigenvalue weighted by Crippen LogP contribution is -2.37. The molecule has 0 unspecified atom stereocenters. The second-order valence-electron chi connectivity index (χ2n) is 4.64. The van der Waals surface area contributed by atoms with Crippen LogP contribution in [-0.4, -0.2) is 5.11 Å². The molecule has 3 nitrogen and oxygen atoms in total. The molecule has 1 aromatic rings. The number of hydrogen-bond donors (Lipinski definition) is 1. The van der Waals surface area contributed by atoms with E-state index in [-0.39, 0.29) is 0 Å². The molecule has 3 heteroatoms. The molecule has 1 saturated carbocycles. The average molecular weight is 203 g/mol. The fraction of sp³-hybridized carbons (Fsp3) is 0.500. The van der Waals surface area contributed by atoms with E-state index in [2.05, 4.69) is 5.18 Å². The van der Waals surface area contributed by atoms with Crippen LogP contribution in [0.4, 0.5) is 5.69 Å². The van der Waals surface area contributed by atoms with Gasteiger partial charge in [-0.05, 0) is 48.4 Å². The Morgan fingerprint density at radius 2 is 2.07 bits per heavy atom. The predicted octanol–water partition coefficient (Wildman–Crippen LogP) is 2.94. The van der Waals surface area contributed by atoms with Crippen molar-refractivity contribution < 1.29 is 5.11 Å². The smallest absolute Gasteiger partial charge is 0.114 e. The first-order chi connectivity index (χ1) is 7.24. The molecular weight excluding hydrogens is 190 g/mol. The van der Waals surface area contributed by atoms with Crippen LogP contribution in [0.1, 0.15) is 42.7 Å². The summed E-state index contributed by atoms with van der Waals surface area (Å²) in [5.74, 6) is 0.524. The zero-order valence-electron chi connectivity index (χ0n) is 8.44. The molecule has 1 fully saturated rings. The highest BCUT2D eigenvalue weighted by molar-refractivity contribution is 5.56. The Hall–Kier alpha value is -1.22. The molecule has 1 N–H and O–H groups in total. The molecule has 0 heterocycles. The van der Waals surface area contributed by atoms with Gasteiger partial charge < -0.3 is 5.11 Å². The lowest BCUT2D eigenvalue weighted by atomic mass is 9.64. The highest BCUT2D eigenvalue weighted by Gasteiger charge is 2.44. The largest absolute Gasteiger partial charge is 0.385 e. The first-order valence-corrected chi connectivity index (χ1v) is 5.44. The van der Waals surface area contributed by atoms with Crippen molar-refractivity contribution in [2.24, 2.45) is 5.18 Å². The summed E-state index contributed by atoms with van der Waals surface area (Å²) in [7, 11) is 0. The molecule has 15 heavy (non-hydrogen) atoms. The van der Waals surface area contributed by atoms with Gasteiger partial charge in [-0.1, -0.05) is 12.1 Å². The van der Waals surface area contributed by atoms with Crippen molar-refractivity contribution in [3.63, 3.8) is 0 Å². The van der Waals surface area contributed by atoms with Crippen LogP contribution in [0.2, 0.25) is 0 Å². The molecule has 1 aromatic carbocycles. The maximum Gasteiger partial charge on any atom is 0.114 e. The van der Waals surface area contributed by atoms with E-state index in [4.69, 9.17) is 0 Å². The van der Waals surface area contributed by atoms with Gasteiger partial charge in [0.15, 0.2) is 0 Å². The Balaban J connectivity index is 2.29. The Bertz CT molecular complexity index is 420. The summed E-state index contributed by atoms with van der Waals surface area (Å²) in [4.78, 5) is 10.7. The molecular formula is C12H13NO2. The number of hydrogen-bond acceptors (Lipinski definition) is 3. The van der Waals surface area contributed by atoms with Gasteiger partial charge in [0.05, 0.1) is 5.60 Å². The van der Waals surface area contributed by atoms with Crippen molar-refractivity contribution in [2.45, 2.75) is 37.2 Å². The van der Waals surface area contributed by atoms with Crippen LogP contribution in [0, 0.1) is 4.91 Å². The van der Waals surface area contributed by atoms with Crippen LogP contribution in [0.25, 0.3) is 0 Å². The van der Waals surface area contributed by atoms with Crippen molar-refractivity contribution >= 4 is 5.69 Å². The summed E-state index contributed by atoms with van der Waals surface area (Å²) in [6, 6.07) is 5.59. The lowest BCUT2D eigenvalue weighted by molar-refractivity contribution is -0.0190. The van der Waals surface area contributed by atoms with Crippen LogP contribution in [-0.2, 0) is 5.60 Å². The molecule has 0 spiro atoms. The molecule has 78 valence electrons. The third kappa shape index (κ3) is 1.10. The minimum atomic E-state index is -0.783. The molecule has 0 saturated heterocycles. The molecule has 0 amide bonds. The monoisotopic (exact) mass is 203 g/mol. The Kier molecular flexibility index (Phi) is 1.74. The van der Waals surface area contributed by atoms with Crippen molar-refractivity contribution in [3.8, 4) is 0 Å². The Labute approximate surface area is 88.1 Å². The fourth-order valence-corrected chi connectivity index (χ4v) is 3.14. The third-order valence-corrected chi connectivity index (χ3v) is 3.89. The van der Waals surface area contributed by atoms with Gasteiger partial charge in [-0.15, -0.1) is 4.91 Å². The minimum Gasteiger partial charge on any atom is -0.385 e. The number of nitrogens with zero attached hydrogens (tertiary/aromatic N) is 1. The summed E-state index contributed by atoms with van der Waals surface area (Å²) in [6.07, 6.45) is 3.62. The second kappa shape index (κ2) is 2.89. The lowest BCUT2D eigenvalue weighted by Gasteiger charge is -2.44. The predicted molar refractivity (Wildman–Crippen MR) is 57.0 cm³/mol. The molecule has 3 aliphatic carbocycles. The summed E-state index contributed by atoms with van der Waals surface area (Å²) in [5.41, 5.74) is 1.60. The van der Waals surface area contributed by atoms with Gasteiger partial charge in [0.25, 0.3) is 0 Å². The maximum absolute atomic E-state index is 10.7. The van der Waals surface area contributed by atoms with E-state index >= 15 is 0 Å². The fourth-order valence-electron chi connectivity index (χ4n) is 3.14.